The summed E-state index contributed by atoms with van der Waals surface area (Å²) in [4.78, 5) is 24.4. The van der Waals surface area contributed by atoms with E-state index in [-0.39, 0.29) is 23.9 Å². The van der Waals surface area contributed by atoms with Crippen LogP contribution in [0.3, 0.4) is 0 Å². The number of halogens is 2. The zero-order chi connectivity index (χ0) is 14.4. The number of benzene rings is 1. The maximum Gasteiger partial charge on any atom is 0.308 e. The van der Waals surface area contributed by atoms with Gasteiger partial charge < -0.3 is 10.0 Å². The van der Waals surface area contributed by atoms with Crippen molar-refractivity contribution in [3.05, 3.63) is 16.1 Å². The number of amides is 1. The number of aliphatic carboxylic acids is 1. The highest BCUT2D eigenvalue weighted by Gasteiger charge is 2.37. The maximum atomic E-state index is 12.0. The van der Waals surface area contributed by atoms with E-state index < -0.39 is 11.9 Å². The summed E-state index contributed by atoms with van der Waals surface area (Å²) in [6.45, 7) is 0.0716. The molecule has 0 saturated carbocycles. The highest BCUT2D eigenvalue weighted by Crippen LogP contribution is 2.40. The van der Waals surface area contributed by atoms with E-state index in [1.165, 1.54) is 11.0 Å². The monoisotopic (exact) mass is 331 g/mol. The summed E-state index contributed by atoms with van der Waals surface area (Å²) in [5.41, 5.74) is 1.27. The molecule has 1 atom stereocenters. The Morgan fingerprint density at radius 1 is 1.35 bits per heavy atom. The van der Waals surface area contributed by atoms with Crippen LogP contribution in [0.2, 0.25) is 10.0 Å². The summed E-state index contributed by atoms with van der Waals surface area (Å²) in [6, 6.07) is 1.49. The molecule has 2 heterocycles. The summed E-state index contributed by atoms with van der Waals surface area (Å²) >= 11 is 13.1. The first-order valence-electron chi connectivity index (χ1n) is 5.62. The Morgan fingerprint density at radius 3 is 2.70 bits per heavy atom. The zero-order valence-electron chi connectivity index (χ0n) is 9.84. The standard InChI is InChI=1S/C11H7Cl2N3O3S/c12-5-2-6(13)10(9-8(5)14-20-15-9)16-3-4(11(18)19)1-7(16)17/h2,4H,1,3H2,(H,18,19). The van der Waals surface area contributed by atoms with Gasteiger partial charge in [0.05, 0.1) is 33.4 Å². The van der Waals surface area contributed by atoms with Gasteiger partial charge in [0.1, 0.15) is 11.0 Å². The topological polar surface area (TPSA) is 83.4 Å². The van der Waals surface area contributed by atoms with Crippen LogP contribution in [0.15, 0.2) is 6.07 Å². The molecule has 20 heavy (non-hydrogen) atoms. The summed E-state index contributed by atoms with van der Waals surface area (Å²) < 4.78 is 8.17. The Bertz CT molecular complexity index is 733. The number of rotatable bonds is 2. The van der Waals surface area contributed by atoms with Crippen LogP contribution in [0.4, 0.5) is 5.69 Å². The molecule has 0 aliphatic carbocycles. The van der Waals surface area contributed by atoms with Gasteiger partial charge in [0, 0.05) is 13.0 Å². The van der Waals surface area contributed by atoms with Crippen molar-refractivity contribution in [2.24, 2.45) is 5.92 Å². The van der Waals surface area contributed by atoms with Crippen molar-refractivity contribution in [2.75, 3.05) is 11.4 Å². The van der Waals surface area contributed by atoms with E-state index in [1.54, 1.807) is 0 Å². The van der Waals surface area contributed by atoms with Gasteiger partial charge in [0.15, 0.2) is 0 Å². The molecule has 6 nitrogen and oxygen atoms in total. The van der Waals surface area contributed by atoms with Gasteiger partial charge in [0.2, 0.25) is 5.91 Å². The normalized spacial score (nSPS) is 19.0. The van der Waals surface area contributed by atoms with Crippen LogP contribution >= 0.6 is 34.9 Å². The van der Waals surface area contributed by atoms with Crippen molar-refractivity contribution in [2.45, 2.75) is 6.42 Å². The second kappa shape index (κ2) is 4.83. The largest absolute Gasteiger partial charge is 0.481 e. The first-order chi connectivity index (χ1) is 9.49. The van der Waals surface area contributed by atoms with Gasteiger partial charge in [-0.15, -0.1) is 0 Å². The van der Waals surface area contributed by atoms with Crippen LogP contribution in [0.25, 0.3) is 11.0 Å². The Kier molecular flexibility index (Phi) is 3.27. The molecule has 1 unspecified atom stereocenters. The molecule has 1 fully saturated rings. The van der Waals surface area contributed by atoms with Gasteiger partial charge in [-0.05, 0) is 6.07 Å². The van der Waals surface area contributed by atoms with Crippen LogP contribution in [-0.4, -0.2) is 32.3 Å². The molecule has 9 heteroatoms. The molecular formula is C11H7Cl2N3O3S. The molecular weight excluding hydrogens is 325 g/mol. The molecule has 0 bridgehead atoms. The van der Waals surface area contributed by atoms with E-state index in [9.17, 15) is 9.59 Å². The molecule has 1 amide bonds. The maximum absolute atomic E-state index is 12.0. The Balaban J connectivity index is 2.13. The van der Waals surface area contributed by atoms with Crippen LogP contribution in [-0.2, 0) is 9.59 Å². The van der Waals surface area contributed by atoms with Gasteiger partial charge >= 0.3 is 5.97 Å². The number of carbonyl (C=O) groups excluding carboxylic acids is 1. The third-order valence-corrected chi connectivity index (χ3v) is 4.27. The molecule has 104 valence electrons. The summed E-state index contributed by atoms with van der Waals surface area (Å²) in [5.74, 6) is -2.04. The highest BCUT2D eigenvalue weighted by atomic mass is 35.5. The first kappa shape index (κ1) is 13.5. The lowest BCUT2D eigenvalue weighted by Crippen LogP contribution is -2.26. The van der Waals surface area contributed by atoms with Crippen LogP contribution in [0.5, 0.6) is 0 Å². The van der Waals surface area contributed by atoms with Crippen molar-refractivity contribution < 1.29 is 14.7 Å². The minimum absolute atomic E-state index is 0.0483. The second-order valence-electron chi connectivity index (χ2n) is 4.39. The van der Waals surface area contributed by atoms with E-state index in [1.807, 2.05) is 0 Å². The molecule has 0 spiro atoms. The number of fused-ring (bicyclic) bond motifs is 1. The molecule has 0 radical (unpaired) electrons. The predicted molar refractivity (Wildman–Crippen MR) is 75.5 cm³/mol. The third-order valence-electron chi connectivity index (χ3n) is 3.16. The lowest BCUT2D eigenvalue weighted by molar-refractivity contribution is -0.141. The fraction of sp³-hybridized carbons (Fsp3) is 0.273. The van der Waals surface area contributed by atoms with Crippen molar-refractivity contribution in [1.29, 1.82) is 0 Å². The molecule has 1 aliphatic heterocycles. The van der Waals surface area contributed by atoms with E-state index in [0.29, 0.717) is 21.7 Å². The lowest BCUT2D eigenvalue weighted by atomic mass is 10.1. The quantitative estimate of drug-likeness (QED) is 0.913. The highest BCUT2D eigenvalue weighted by molar-refractivity contribution is 7.00. The van der Waals surface area contributed by atoms with E-state index >= 15 is 0 Å². The minimum Gasteiger partial charge on any atom is -0.481 e. The van der Waals surface area contributed by atoms with Crippen LogP contribution < -0.4 is 4.90 Å². The van der Waals surface area contributed by atoms with Crippen molar-refractivity contribution in [3.8, 4) is 0 Å². The number of aromatic nitrogens is 2. The molecule has 1 aromatic heterocycles. The minimum atomic E-state index is -1.00. The van der Waals surface area contributed by atoms with Crippen molar-refractivity contribution in [3.63, 3.8) is 0 Å². The van der Waals surface area contributed by atoms with Crippen molar-refractivity contribution >= 4 is 63.5 Å². The number of hydrogen-bond acceptors (Lipinski definition) is 5. The van der Waals surface area contributed by atoms with Gasteiger partial charge in [-0.2, -0.15) is 8.75 Å². The summed E-state index contributed by atoms with van der Waals surface area (Å²) in [7, 11) is 0. The summed E-state index contributed by atoms with van der Waals surface area (Å²) in [5, 5.41) is 9.63. The average molecular weight is 332 g/mol. The number of carboxylic acid groups (broad SMARTS) is 1. The smallest absolute Gasteiger partial charge is 0.308 e. The lowest BCUT2D eigenvalue weighted by Gasteiger charge is -2.18. The molecule has 2 aromatic rings. The Morgan fingerprint density at radius 2 is 2.05 bits per heavy atom. The SMILES string of the molecule is O=C(O)C1CC(=O)N(c2c(Cl)cc(Cl)c3nsnc23)C1. The van der Waals surface area contributed by atoms with E-state index in [0.717, 1.165) is 11.7 Å². The van der Waals surface area contributed by atoms with Crippen molar-refractivity contribution in [1.82, 2.24) is 8.75 Å². The van der Waals surface area contributed by atoms with Gasteiger partial charge in [-0.25, -0.2) is 0 Å². The van der Waals surface area contributed by atoms with E-state index in [2.05, 4.69) is 8.75 Å². The predicted octanol–water partition coefficient (Wildman–Crippen LogP) is 2.44. The summed E-state index contributed by atoms with van der Waals surface area (Å²) in [6.07, 6.45) is -0.0483. The zero-order valence-corrected chi connectivity index (χ0v) is 12.2. The average Bonchev–Trinajstić information content (AvgIpc) is 2.97. The third kappa shape index (κ3) is 2.02. The molecule has 1 aliphatic rings. The fourth-order valence-electron chi connectivity index (χ4n) is 2.21. The Labute approximate surface area is 127 Å². The number of carboxylic acids is 1. The van der Waals surface area contributed by atoms with Crippen LogP contribution in [0, 0.1) is 5.92 Å². The first-order valence-corrected chi connectivity index (χ1v) is 7.11. The fourth-order valence-corrected chi connectivity index (χ4v) is 3.42. The molecule has 1 saturated heterocycles. The molecule has 3 rings (SSSR count). The second-order valence-corrected chi connectivity index (χ2v) is 5.74. The number of anilines is 1. The number of carbonyl (C=O) groups is 2. The number of nitrogens with zero attached hydrogens (tertiary/aromatic N) is 3. The molecule has 1 N–H and O–H groups in total. The Hall–Kier alpha value is -1.44. The van der Waals surface area contributed by atoms with Crippen LogP contribution in [0.1, 0.15) is 6.42 Å². The van der Waals surface area contributed by atoms with Gasteiger partial charge in [0.25, 0.3) is 0 Å². The van der Waals surface area contributed by atoms with Gasteiger partial charge in [-0.3, -0.25) is 9.59 Å². The van der Waals surface area contributed by atoms with Gasteiger partial charge in [-0.1, -0.05) is 23.2 Å². The number of hydrogen-bond donors (Lipinski definition) is 1. The molecule has 1 aromatic carbocycles. The van der Waals surface area contributed by atoms with E-state index in [4.69, 9.17) is 28.3 Å².